The van der Waals surface area contributed by atoms with Crippen LogP contribution in [0.4, 0.5) is 0 Å². The molecule has 3 aliphatic rings. The molecule has 1 aliphatic heterocycles. The van der Waals surface area contributed by atoms with Gasteiger partial charge in [0.2, 0.25) is 11.8 Å². The number of likely N-dealkylation sites (tertiary alicyclic amines) is 1. The number of amides is 3. The summed E-state index contributed by atoms with van der Waals surface area (Å²) in [6.45, 7) is 0. The topological polar surface area (TPSA) is 99.1 Å². The zero-order chi connectivity index (χ0) is 18.5. The average Bonchev–Trinajstić information content (AvgIpc) is 2.92. The van der Waals surface area contributed by atoms with Gasteiger partial charge in [-0.25, -0.2) is 0 Å². The summed E-state index contributed by atoms with van der Waals surface area (Å²) < 4.78 is 0. The van der Waals surface area contributed by atoms with Crippen LogP contribution in [0.5, 0.6) is 0 Å². The Balaban J connectivity index is 1.74. The SMILES string of the molecule is O=C(NC1CCCCCC1)C1C(=O)N(C2CCCCCC2)C(=O)/C1=N/O. The maximum absolute atomic E-state index is 12.9. The van der Waals surface area contributed by atoms with Crippen LogP contribution in [0.15, 0.2) is 5.16 Å². The fraction of sp³-hybridized carbons (Fsp3) is 0.789. The van der Waals surface area contributed by atoms with Crippen LogP contribution in [0.25, 0.3) is 0 Å². The Kier molecular flexibility index (Phi) is 6.27. The highest BCUT2D eigenvalue weighted by Crippen LogP contribution is 2.28. The summed E-state index contributed by atoms with van der Waals surface area (Å²) in [5.74, 6) is -2.94. The monoisotopic (exact) mass is 363 g/mol. The van der Waals surface area contributed by atoms with Crippen LogP contribution < -0.4 is 5.32 Å². The molecule has 3 amide bonds. The molecule has 2 N–H and O–H groups in total. The average molecular weight is 363 g/mol. The molecule has 0 radical (unpaired) electrons. The van der Waals surface area contributed by atoms with Crippen molar-refractivity contribution in [2.45, 2.75) is 89.1 Å². The Hall–Kier alpha value is -1.92. The Morgan fingerprint density at radius 2 is 1.46 bits per heavy atom. The number of nitrogens with zero attached hydrogens (tertiary/aromatic N) is 2. The molecule has 7 heteroatoms. The van der Waals surface area contributed by atoms with Crippen LogP contribution in [-0.4, -0.2) is 45.6 Å². The summed E-state index contributed by atoms with van der Waals surface area (Å²) >= 11 is 0. The predicted octanol–water partition coefficient (Wildman–Crippen LogP) is 2.36. The number of nitrogens with one attached hydrogen (secondary N) is 1. The van der Waals surface area contributed by atoms with Crippen molar-refractivity contribution in [3.63, 3.8) is 0 Å². The quantitative estimate of drug-likeness (QED) is 0.264. The molecule has 1 atom stereocenters. The van der Waals surface area contributed by atoms with Gasteiger partial charge in [0.05, 0.1) is 0 Å². The van der Waals surface area contributed by atoms with Crippen molar-refractivity contribution in [1.29, 1.82) is 0 Å². The highest BCUT2D eigenvalue weighted by atomic mass is 16.4. The molecule has 0 aromatic carbocycles. The van der Waals surface area contributed by atoms with E-state index in [-0.39, 0.29) is 17.8 Å². The molecular formula is C19H29N3O4. The highest BCUT2D eigenvalue weighted by molar-refractivity contribution is 6.54. The van der Waals surface area contributed by atoms with Gasteiger partial charge in [0, 0.05) is 12.1 Å². The van der Waals surface area contributed by atoms with Crippen molar-refractivity contribution in [2.75, 3.05) is 0 Å². The number of hydrogen-bond donors (Lipinski definition) is 2. The summed E-state index contributed by atoms with van der Waals surface area (Å²) in [5, 5.41) is 15.3. The Bertz CT molecular complexity index is 573. The first kappa shape index (κ1) is 18.9. The summed E-state index contributed by atoms with van der Waals surface area (Å²) in [6.07, 6.45) is 11.8. The molecule has 1 heterocycles. The summed E-state index contributed by atoms with van der Waals surface area (Å²) in [4.78, 5) is 39.5. The minimum atomic E-state index is -1.31. The normalized spacial score (nSPS) is 28.2. The van der Waals surface area contributed by atoms with E-state index in [1.807, 2.05) is 0 Å². The first-order chi connectivity index (χ1) is 12.6. The molecule has 0 spiro atoms. The minimum absolute atomic E-state index is 0.0276. The van der Waals surface area contributed by atoms with Crippen molar-refractivity contribution in [3.05, 3.63) is 0 Å². The molecule has 0 aromatic heterocycles. The van der Waals surface area contributed by atoms with Crippen LogP contribution in [0.3, 0.4) is 0 Å². The third kappa shape index (κ3) is 3.91. The zero-order valence-corrected chi connectivity index (χ0v) is 15.3. The molecule has 2 saturated carbocycles. The standard InChI is InChI=1S/C19H29N3O4/c23-17(20-13-9-5-1-2-6-10-13)15-16(21-26)19(25)22(18(15)24)14-11-7-3-4-8-12-14/h13-15,26H,1-12H2,(H,20,23)/b21-16+. The molecule has 0 bridgehead atoms. The van der Waals surface area contributed by atoms with E-state index in [1.54, 1.807) is 0 Å². The van der Waals surface area contributed by atoms with Gasteiger partial charge in [0.15, 0.2) is 11.6 Å². The lowest BCUT2D eigenvalue weighted by atomic mass is 10.0. The zero-order valence-electron chi connectivity index (χ0n) is 15.3. The second-order valence-corrected chi connectivity index (χ2v) is 7.77. The van der Waals surface area contributed by atoms with E-state index in [4.69, 9.17) is 0 Å². The van der Waals surface area contributed by atoms with Gasteiger partial charge in [-0.1, -0.05) is 56.5 Å². The highest BCUT2D eigenvalue weighted by Gasteiger charge is 2.51. The van der Waals surface area contributed by atoms with E-state index in [1.165, 1.54) is 4.90 Å². The third-order valence-electron chi connectivity index (χ3n) is 5.96. The van der Waals surface area contributed by atoms with Gasteiger partial charge < -0.3 is 10.5 Å². The number of carbonyl (C=O) groups excluding carboxylic acids is 3. The maximum Gasteiger partial charge on any atom is 0.279 e. The van der Waals surface area contributed by atoms with E-state index in [0.717, 1.165) is 77.0 Å². The number of carbonyl (C=O) groups is 3. The van der Waals surface area contributed by atoms with E-state index in [2.05, 4.69) is 10.5 Å². The lowest BCUT2D eigenvalue weighted by Gasteiger charge is -2.25. The van der Waals surface area contributed by atoms with Crippen molar-refractivity contribution in [2.24, 2.45) is 11.1 Å². The van der Waals surface area contributed by atoms with Gasteiger partial charge in [0.25, 0.3) is 5.91 Å². The van der Waals surface area contributed by atoms with Gasteiger partial charge >= 0.3 is 0 Å². The van der Waals surface area contributed by atoms with Crippen LogP contribution in [0.1, 0.15) is 77.0 Å². The maximum atomic E-state index is 12.9. The number of rotatable bonds is 3. The van der Waals surface area contributed by atoms with Crippen LogP contribution in [-0.2, 0) is 14.4 Å². The van der Waals surface area contributed by atoms with Crippen molar-refractivity contribution in [1.82, 2.24) is 10.2 Å². The summed E-state index contributed by atoms with van der Waals surface area (Å²) in [5.41, 5.74) is -0.328. The minimum Gasteiger partial charge on any atom is -0.410 e. The second kappa shape index (κ2) is 8.64. The van der Waals surface area contributed by atoms with Gasteiger partial charge in [0.1, 0.15) is 0 Å². The van der Waals surface area contributed by atoms with Crippen molar-refractivity contribution in [3.8, 4) is 0 Å². The molecular weight excluding hydrogens is 334 g/mol. The molecule has 2 aliphatic carbocycles. The summed E-state index contributed by atoms with van der Waals surface area (Å²) in [6, 6.07) is -0.162. The molecule has 7 nitrogen and oxygen atoms in total. The largest absolute Gasteiger partial charge is 0.410 e. The Labute approximate surface area is 154 Å². The fourth-order valence-corrected chi connectivity index (χ4v) is 4.51. The molecule has 3 rings (SSSR count). The lowest BCUT2D eigenvalue weighted by molar-refractivity contribution is -0.143. The van der Waals surface area contributed by atoms with Gasteiger partial charge in [-0.05, 0) is 25.7 Å². The van der Waals surface area contributed by atoms with E-state index in [9.17, 15) is 19.6 Å². The second-order valence-electron chi connectivity index (χ2n) is 7.77. The Morgan fingerprint density at radius 1 is 0.923 bits per heavy atom. The molecule has 3 fully saturated rings. The van der Waals surface area contributed by atoms with Gasteiger partial charge in [-0.15, -0.1) is 0 Å². The van der Waals surface area contributed by atoms with Gasteiger partial charge in [-0.2, -0.15) is 0 Å². The van der Waals surface area contributed by atoms with Crippen molar-refractivity contribution >= 4 is 23.4 Å². The van der Waals surface area contributed by atoms with Crippen molar-refractivity contribution < 1.29 is 19.6 Å². The number of hydrogen-bond acceptors (Lipinski definition) is 5. The van der Waals surface area contributed by atoms with E-state index >= 15 is 0 Å². The predicted molar refractivity (Wildman–Crippen MR) is 95.7 cm³/mol. The van der Waals surface area contributed by atoms with E-state index < -0.39 is 23.6 Å². The van der Waals surface area contributed by atoms with Crippen LogP contribution in [0.2, 0.25) is 0 Å². The molecule has 144 valence electrons. The lowest BCUT2D eigenvalue weighted by Crippen LogP contribution is -2.44. The van der Waals surface area contributed by atoms with E-state index in [0.29, 0.717) is 0 Å². The number of oxime groups is 1. The van der Waals surface area contributed by atoms with Crippen LogP contribution in [0, 0.1) is 5.92 Å². The van der Waals surface area contributed by atoms with Crippen LogP contribution >= 0.6 is 0 Å². The van der Waals surface area contributed by atoms with Gasteiger partial charge in [-0.3, -0.25) is 19.3 Å². The molecule has 1 saturated heterocycles. The first-order valence-corrected chi connectivity index (χ1v) is 10.0. The molecule has 26 heavy (non-hydrogen) atoms. The third-order valence-corrected chi connectivity index (χ3v) is 5.96. The smallest absolute Gasteiger partial charge is 0.279 e. The first-order valence-electron chi connectivity index (χ1n) is 10.0. The molecule has 0 aromatic rings. The Morgan fingerprint density at radius 3 is 2.00 bits per heavy atom. The number of imide groups is 1. The fourth-order valence-electron chi connectivity index (χ4n) is 4.51. The molecule has 1 unspecified atom stereocenters. The summed E-state index contributed by atoms with van der Waals surface area (Å²) in [7, 11) is 0.